The fourth-order valence-corrected chi connectivity index (χ4v) is 2.31. The molecular weight excluding hydrogens is 272 g/mol. The maximum absolute atomic E-state index is 11.2. The zero-order valence-electron chi connectivity index (χ0n) is 11.4. The van der Waals surface area contributed by atoms with Crippen LogP contribution in [0.15, 0.2) is 0 Å². The van der Waals surface area contributed by atoms with Gasteiger partial charge < -0.3 is 23.7 Å². The van der Waals surface area contributed by atoms with Crippen LogP contribution in [0, 0.1) is 0 Å². The largest absolute Gasteiger partial charge is 0.456 e. The van der Waals surface area contributed by atoms with E-state index in [0.29, 0.717) is 0 Å². The Morgan fingerprint density at radius 3 is 1.90 bits per heavy atom. The molecule has 20 heavy (non-hydrogen) atoms. The number of rotatable bonds is 3. The van der Waals surface area contributed by atoms with Gasteiger partial charge in [-0.3, -0.25) is 14.4 Å². The van der Waals surface area contributed by atoms with E-state index in [-0.39, 0.29) is 6.61 Å². The van der Waals surface area contributed by atoms with Gasteiger partial charge in [0.05, 0.1) is 6.61 Å². The van der Waals surface area contributed by atoms with Gasteiger partial charge in [0, 0.05) is 20.8 Å². The first-order chi connectivity index (χ1) is 9.38. The van der Waals surface area contributed by atoms with Crippen molar-refractivity contribution in [3.05, 3.63) is 0 Å². The summed E-state index contributed by atoms with van der Waals surface area (Å²) in [5, 5.41) is 0. The monoisotopic (exact) mass is 288 g/mol. The van der Waals surface area contributed by atoms with Gasteiger partial charge in [0.2, 0.25) is 0 Å². The fourth-order valence-electron chi connectivity index (χ4n) is 2.31. The maximum Gasteiger partial charge on any atom is 0.303 e. The van der Waals surface area contributed by atoms with Crippen molar-refractivity contribution in [1.82, 2.24) is 0 Å². The number of ether oxygens (including phenoxy) is 5. The number of hydrogen-bond donors (Lipinski definition) is 0. The molecule has 2 aliphatic heterocycles. The molecule has 2 fully saturated rings. The Morgan fingerprint density at radius 1 is 0.850 bits per heavy atom. The maximum atomic E-state index is 11.2. The molecule has 5 atom stereocenters. The molecule has 2 aliphatic rings. The van der Waals surface area contributed by atoms with Gasteiger partial charge in [-0.25, -0.2) is 0 Å². The molecule has 0 radical (unpaired) electrons. The molecule has 0 amide bonds. The standard InChI is InChI=1S/C12H16O8/c1-5(13)17-9-8-4-16-12(20-8)11(19-7(3)15)10(9)18-6(2)14/h8-12H,4H2,1-3H3/t8-,9+,10+,11-,12+/m0/s1. The third-order valence-corrected chi connectivity index (χ3v) is 2.92. The second kappa shape index (κ2) is 5.76. The average Bonchev–Trinajstić information content (AvgIpc) is 2.74. The first-order valence-electron chi connectivity index (χ1n) is 6.17. The number of esters is 3. The number of hydrogen-bond acceptors (Lipinski definition) is 8. The van der Waals surface area contributed by atoms with Crippen LogP contribution >= 0.6 is 0 Å². The molecule has 0 aromatic heterocycles. The topological polar surface area (TPSA) is 97.4 Å². The zero-order valence-corrected chi connectivity index (χ0v) is 11.4. The van der Waals surface area contributed by atoms with Crippen LogP contribution in [0.1, 0.15) is 20.8 Å². The molecule has 0 aromatic rings. The van der Waals surface area contributed by atoms with Gasteiger partial charge >= 0.3 is 17.9 Å². The highest BCUT2D eigenvalue weighted by Crippen LogP contribution is 2.33. The lowest BCUT2D eigenvalue weighted by molar-refractivity contribution is -0.250. The molecule has 0 N–H and O–H groups in total. The van der Waals surface area contributed by atoms with Crippen LogP contribution < -0.4 is 0 Å². The molecule has 8 nitrogen and oxygen atoms in total. The molecular formula is C12H16O8. The van der Waals surface area contributed by atoms with Crippen LogP contribution in [0.25, 0.3) is 0 Å². The van der Waals surface area contributed by atoms with Crippen molar-refractivity contribution in [2.24, 2.45) is 0 Å². The first-order valence-corrected chi connectivity index (χ1v) is 6.17. The summed E-state index contributed by atoms with van der Waals surface area (Å²) in [5.74, 6) is -1.71. The van der Waals surface area contributed by atoms with Crippen LogP contribution in [0.3, 0.4) is 0 Å². The lowest BCUT2D eigenvalue weighted by Gasteiger charge is -2.38. The van der Waals surface area contributed by atoms with E-state index in [1.165, 1.54) is 20.8 Å². The third-order valence-electron chi connectivity index (χ3n) is 2.92. The molecule has 112 valence electrons. The molecule has 0 aliphatic carbocycles. The third kappa shape index (κ3) is 3.07. The zero-order chi connectivity index (χ0) is 14.9. The minimum Gasteiger partial charge on any atom is -0.456 e. The van der Waals surface area contributed by atoms with E-state index in [0.717, 1.165) is 0 Å². The molecule has 2 saturated heterocycles. The Hall–Kier alpha value is -1.67. The Morgan fingerprint density at radius 2 is 1.35 bits per heavy atom. The van der Waals surface area contributed by atoms with E-state index < -0.39 is 48.6 Å². The van der Waals surface area contributed by atoms with E-state index in [2.05, 4.69) is 0 Å². The molecule has 0 saturated carbocycles. The highest BCUT2D eigenvalue weighted by atomic mass is 16.8. The van der Waals surface area contributed by atoms with Crippen molar-refractivity contribution >= 4 is 17.9 Å². The summed E-state index contributed by atoms with van der Waals surface area (Å²) < 4.78 is 26.2. The Kier molecular flexibility index (Phi) is 4.24. The predicted octanol–water partition coefficient (Wildman–Crippen LogP) is -0.463. The summed E-state index contributed by atoms with van der Waals surface area (Å²) in [6.45, 7) is 3.83. The average molecular weight is 288 g/mol. The number of carbonyl (C=O) groups is 3. The Balaban J connectivity index is 2.24. The fraction of sp³-hybridized carbons (Fsp3) is 0.750. The molecule has 2 heterocycles. The van der Waals surface area contributed by atoms with Crippen LogP contribution in [0.2, 0.25) is 0 Å². The van der Waals surface area contributed by atoms with Crippen molar-refractivity contribution in [2.45, 2.75) is 51.5 Å². The van der Waals surface area contributed by atoms with E-state index in [1.54, 1.807) is 0 Å². The van der Waals surface area contributed by atoms with Crippen LogP contribution in [0.5, 0.6) is 0 Å². The van der Waals surface area contributed by atoms with E-state index in [1.807, 2.05) is 0 Å². The minimum atomic E-state index is -0.973. The van der Waals surface area contributed by atoms with Gasteiger partial charge in [-0.05, 0) is 0 Å². The van der Waals surface area contributed by atoms with Crippen molar-refractivity contribution in [3.63, 3.8) is 0 Å². The van der Waals surface area contributed by atoms with Gasteiger partial charge in [-0.2, -0.15) is 0 Å². The summed E-state index contributed by atoms with van der Waals surface area (Å²) in [6.07, 6.45) is -4.19. The molecule has 2 bridgehead atoms. The van der Waals surface area contributed by atoms with Gasteiger partial charge in [0.25, 0.3) is 0 Å². The summed E-state index contributed by atoms with van der Waals surface area (Å²) >= 11 is 0. The van der Waals surface area contributed by atoms with Crippen molar-refractivity contribution in [2.75, 3.05) is 6.61 Å². The number of fused-ring (bicyclic) bond motifs is 2. The second-order valence-corrected chi connectivity index (χ2v) is 4.60. The molecule has 8 heteroatoms. The molecule has 2 rings (SSSR count). The van der Waals surface area contributed by atoms with Gasteiger partial charge in [0.15, 0.2) is 24.6 Å². The summed E-state index contributed by atoms with van der Waals surface area (Å²) in [7, 11) is 0. The normalized spacial score (nSPS) is 35.2. The van der Waals surface area contributed by atoms with E-state index in [9.17, 15) is 14.4 Å². The van der Waals surface area contributed by atoms with Crippen LogP contribution in [-0.4, -0.2) is 55.2 Å². The van der Waals surface area contributed by atoms with Crippen LogP contribution in [0.4, 0.5) is 0 Å². The highest BCUT2D eigenvalue weighted by molar-refractivity contribution is 5.68. The van der Waals surface area contributed by atoms with Crippen molar-refractivity contribution < 1.29 is 38.1 Å². The lowest BCUT2D eigenvalue weighted by Crippen LogP contribution is -2.58. The molecule has 0 unspecified atom stereocenters. The Bertz CT molecular complexity index is 390. The summed E-state index contributed by atoms with van der Waals surface area (Å²) in [5.41, 5.74) is 0. The Labute approximate surface area is 115 Å². The smallest absolute Gasteiger partial charge is 0.303 e. The lowest BCUT2D eigenvalue weighted by atomic mass is 10.00. The quantitative estimate of drug-likeness (QED) is 0.508. The second-order valence-electron chi connectivity index (χ2n) is 4.60. The SMILES string of the molecule is CC(=O)O[C@H]1[C@H](OC(C)=O)[C@@H]2OC[C@H](O2)[C@H]1OC(C)=O. The minimum absolute atomic E-state index is 0.165. The number of carbonyl (C=O) groups excluding carboxylic acids is 3. The van der Waals surface area contributed by atoms with E-state index >= 15 is 0 Å². The van der Waals surface area contributed by atoms with Gasteiger partial charge in [0.1, 0.15) is 6.10 Å². The van der Waals surface area contributed by atoms with E-state index in [4.69, 9.17) is 23.7 Å². The highest BCUT2D eigenvalue weighted by Gasteiger charge is 2.55. The van der Waals surface area contributed by atoms with Gasteiger partial charge in [-0.15, -0.1) is 0 Å². The van der Waals surface area contributed by atoms with Gasteiger partial charge in [-0.1, -0.05) is 0 Å². The summed E-state index contributed by atoms with van der Waals surface area (Å²) in [4.78, 5) is 33.6. The first kappa shape index (κ1) is 14.7. The predicted molar refractivity (Wildman–Crippen MR) is 61.3 cm³/mol. The summed E-state index contributed by atoms with van der Waals surface area (Å²) in [6, 6.07) is 0. The molecule has 0 aromatic carbocycles. The molecule has 0 spiro atoms. The van der Waals surface area contributed by atoms with Crippen molar-refractivity contribution in [1.29, 1.82) is 0 Å². The van der Waals surface area contributed by atoms with Crippen LogP contribution in [-0.2, 0) is 38.1 Å². The van der Waals surface area contributed by atoms with Crippen molar-refractivity contribution in [3.8, 4) is 0 Å².